The molecule has 0 saturated carbocycles. The zero-order valence-corrected chi connectivity index (χ0v) is 14.3. The molecule has 120 valence electrons. The molecule has 1 aliphatic heterocycles. The summed E-state index contributed by atoms with van der Waals surface area (Å²) in [6.07, 6.45) is 3.85. The lowest BCUT2D eigenvalue weighted by Crippen LogP contribution is -2.36. The average Bonchev–Trinajstić information content (AvgIpc) is 3.11. The van der Waals surface area contributed by atoms with Gasteiger partial charge in [0.05, 0.1) is 18.0 Å². The van der Waals surface area contributed by atoms with Gasteiger partial charge in [0.15, 0.2) is 0 Å². The highest BCUT2D eigenvalue weighted by atomic mass is 32.1. The van der Waals surface area contributed by atoms with Crippen molar-refractivity contribution in [2.75, 3.05) is 6.54 Å². The molecule has 4 rings (SSSR count). The summed E-state index contributed by atoms with van der Waals surface area (Å²) in [6, 6.07) is 0.0558. The molecule has 1 atom stereocenters. The Labute approximate surface area is 137 Å². The van der Waals surface area contributed by atoms with E-state index in [1.165, 1.54) is 0 Å². The summed E-state index contributed by atoms with van der Waals surface area (Å²) in [5.41, 5.74) is 1.01. The molecule has 3 aromatic heterocycles. The minimum Gasteiger partial charge on any atom is -0.333 e. The Balaban J connectivity index is 1.70. The maximum absolute atomic E-state index is 12.5. The Bertz CT molecular complexity index is 938. The van der Waals surface area contributed by atoms with E-state index in [1.54, 1.807) is 11.3 Å². The van der Waals surface area contributed by atoms with E-state index in [0.717, 1.165) is 51.9 Å². The molecular formula is C16H19N5OS. The summed E-state index contributed by atoms with van der Waals surface area (Å²) in [7, 11) is 0. The van der Waals surface area contributed by atoms with Crippen LogP contribution in [0.3, 0.4) is 0 Å². The largest absolute Gasteiger partial charge is 0.333 e. The normalized spacial score (nSPS) is 16.7. The molecule has 0 aliphatic carbocycles. The highest BCUT2D eigenvalue weighted by Crippen LogP contribution is 2.28. The first kappa shape index (κ1) is 14.6. The summed E-state index contributed by atoms with van der Waals surface area (Å²) >= 11 is 1.60. The molecule has 0 unspecified atom stereocenters. The number of hydrogen-bond donors (Lipinski definition) is 1. The summed E-state index contributed by atoms with van der Waals surface area (Å²) in [6.45, 7) is 8.74. The number of imidazole rings is 1. The van der Waals surface area contributed by atoms with Crippen LogP contribution >= 0.6 is 11.3 Å². The highest BCUT2D eigenvalue weighted by Gasteiger charge is 2.24. The molecule has 1 N–H and O–H groups in total. The third-order valence-electron chi connectivity index (χ3n) is 4.78. The molecule has 6 nitrogen and oxygen atoms in total. The number of aryl methyl sites for hydroxylation is 2. The molecule has 3 aromatic rings. The molecule has 0 saturated heterocycles. The smallest absolute Gasteiger partial charge is 0.259 e. The van der Waals surface area contributed by atoms with E-state index in [-0.39, 0.29) is 11.6 Å². The van der Waals surface area contributed by atoms with Crippen LogP contribution in [0.5, 0.6) is 0 Å². The van der Waals surface area contributed by atoms with Gasteiger partial charge in [-0.05, 0) is 26.3 Å². The predicted molar refractivity (Wildman–Crippen MR) is 90.8 cm³/mol. The van der Waals surface area contributed by atoms with Gasteiger partial charge in [0, 0.05) is 30.4 Å². The van der Waals surface area contributed by atoms with E-state index in [1.807, 2.05) is 26.2 Å². The van der Waals surface area contributed by atoms with Gasteiger partial charge >= 0.3 is 0 Å². The van der Waals surface area contributed by atoms with Gasteiger partial charge in [0.1, 0.15) is 16.5 Å². The van der Waals surface area contributed by atoms with Crippen molar-refractivity contribution >= 4 is 21.6 Å². The van der Waals surface area contributed by atoms with Gasteiger partial charge in [-0.1, -0.05) is 0 Å². The minimum atomic E-state index is -0.0304. The molecule has 0 radical (unpaired) electrons. The van der Waals surface area contributed by atoms with Gasteiger partial charge in [-0.25, -0.2) is 9.97 Å². The van der Waals surface area contributed by atoms with Crippen LogP contribution in [0.1, 0.15) is 35.1 Å². The second-order valence-electron chi connectivity index (χ2n) is 6.10. The molecule has 1 aliphatic rings. The van der Waals surface area contributed by atoms with E-state index >= 15 is 0 Å². The summed E-state index contributed by atoms with van der Waals surface area (Å²) in [5, 5.41) is 0.734. The average molecular weight is 329 g/mol. The number of fused-ring (bicyclic) bond motifs is 2. The van der Waals surface area contributed by atoms with Crippen LogP contribution in [0.15, 0.2) is 17.2 Å². The van der Waals surface area contributed by atoms with Crippen LogP contribution in [-0.4, -0.2) is 31.0 Å². The Morgan fingerprint density at radius 2 is 2.17 bits per heavy atom. The van der Waals surface area contributed by atoms with E-state index in [4.69, 9.17) is 4.98 Å². The van der Waals surface area contributed by atoms with Crippen molar-refractivity contribution < 1.29 is 0 Å². The van der Waals surface area contributed by atoms with Crippen molar-refractivity contribution in [1.29, 1.82) is 0 Å². The van der Waals surface area contributed by atoms with Crippen molar-refractivity contribution in [2.24, 2.45) is 0 Å². The molecule has 23 heavy (non-hydrogen) atoms. The molecule has 0 amide bonds. The first-order chi connectivity index (χ1) is 11.0. The first-order valence-electron chi connectivity index (χ1n) is 7.78. The van der Waals surface area contributed by atoms with E-state index < -0.39 is 0 Å². The summed E-state index contributed by atoms with van der Waals surface area (Å²) in [4.78, 5) is 28.9. The number of nitrogens with one attached hydrogen (secondary N) is 1. The van der Waals surface area contributed by atoms with Crippen LogP contribution in [0.4, 0.5) is 0 Å². The Morgan fingerprint density at radius 3 is 3.00 bits per heavy atom. The molecule has 4 heterocycles. The fourth-order valence-corrected chi connectivity index (χ4v) is 4.20. The van der Waals surface area contributed by atoms with E-state index in [2.05, 4.69) is 26.4 Å². The number of nitrogens with zero attached hydrogens (tertiary/aromatic N) is 4. The third kappa shape index (κ3) is 2.31. The van der Waals surface area contributed by atoms with Crippen LogP contribution in [0, 0.1) is 13.8 Å². The SMILES string of the molecule is Cc1sc2nc([C@H](C)N3CCn4ccnc4C3)[nH]c(=O)c2c1C. The van der Waals surface area contributed by atoms with Crippen molar-refractivity contribution in [3.05, 3.63) is 44.8 Å². The van der Waals surface area contributed by atoms with Gasteiger partial charge in [-0.3, -0.25) is 9.69 Å². The second kappa shape index (κ2) is 5.28. The van der Waals surface area contributed by atoms with E-state index in [0.29, 0.717) is 0 Å². The number of aromatic nitrogens is 4. The van der Waals surface area contributed by atoms with Gasteiger partial charge < -0.3 is 9.55 Å². The number of hydrogen-bond acceptors (Lipinski definition) is 5. The molecule has 0 spiro atoms. The van der Waals surface area contributed by atoms with Gasteiger partial charge in [0.2, 0.25) is 0 Å². The zero-order chi connectivity index (χ0) is 16.1. The maximum atomic E-state index is 12.5. The number of rotatable bonds is 2. The van der Waals surface area contributed by atoms with Gasteiger partial charge in [-0.2, -0.15) is 0 Å². The van der Waals surface area contributed by atoms with Gasteiger partial charge in [-0.15, -0.1) is 11.3 Å². The summed E-state index contributed by atoms with van der Waals surface area (Å²) < 4.78 is 2.18. The number of H-pyrrole nitrogens is 1. The fraction of sp³-hybridized carbons (Fsp3) is 0.438. The zero-order valence-electron chi connectivity index (χ0n) is 13.5. The molecular weight excluding hydrogens is 310 g/mol. The van der Waals surface area contributed by atoms with Crippen molar-refractivity contribution in [1.82, 2.24) is 24.4 Å². The third-order valence-corrected chi connectivity index (χ3v) is 5.88. The lowest BCUT2D eigenvalue weighted by Gasteiger charge is -2.32. The lowest BCUT2D eigenvalue weighted by atomic mass is 10.2. The van der Waals surface area contributed by atoms with E-state index in [9.17, 15) is 4.79 Å². The predicted octanol–water partition coefficient (Wildman–Crippen LogP) is 2.37. The monoisotopic (exact) mass is 329 g/mol. The Kier molecular flexibility index (Phi) is 3.35. The Hall–Kier alpha value is -1.99. The van der Waals surface area contributed by atoms with Crippen LogP contribution in [0.2, 0.25) is 0 Å². The van der Waals surface area contributed by atoms with Crippen LogP contribution in [-0.2, 0) is 13.1 Å². The minimum absolute atomic E-state index is 0.0304. The summed E-state index contributed by atoms with van der Waals surface area (Å²) in [5.74, 6) is 1.80. The van der Waals surface area contributed by atoms with Crippen molar-refractivity contribution in [2.45, 2.75) is 39.9 Å². The topological polar surface area (TPSA) is 66.8 Å². The maximum Gasteiger partial charge on any atom is 0.259 e. The van der Waals surface area contributed by atoms with Crippen LogP contribution in [0.25, 0.3) is 10.2 Å². The molecule has 0 aromatic carbocycles. The van der Waals surface area contributed by atoms with Gasteiger partial charge in [0.25, 0.3) is 5.56 Å². The van der Waals surface area contributed by atoms with Crippen molar-refractivity contribution in [3.63, 3.8) is 0 Å². The van der Waals surface area contributed by atoms with Crippen molar-refractivity contribution in [3.8, 4) is 0 Å². The molecule has 0 fully saturated rings. The fourth-order valence-electron chi connectivity index (χ4n) is 3.16. The number of aromatic amines is 1. The quantitative estimate of drug-likeness (QED) is 0.784. The molecule has 7 heteroatoms. The number of thiophene rings is 1. The highest BCUT2D eigenvalue weighted by molar-refractivity contribution is 7.18. The van der Waals surface area contributed by atoms with Crippen LogP contribution < -0.4 is 5.56 Å². The standard InChI is InChI=1S/C16H19N5OS/c1-9-11(3)23-16-13(9)15(22)18-14(19-16)10(2)21-7-6-20-5-4-17-12(20)8-21/h4-5,10H,6-8H2,1-3H3,(H,18,19,22)/t10-/m0/s1. The second-order valence-corrected chi connectivity index (χ2v) is 7.30. The molecule has 0 bridgehead atoms. The Morgan fingerprint density at radius 1 is 1.35 bits per heavy atom. The first-order valence-corrected chi connectivity index (χ1v) is 8.60. The lowest BCUT2D eigenvalue weighted by molar-refractivity contribution is 0.157.